The molecule has 0 spiro atoms. The second kappa shape index (κ2) is 6.93. The van der Waals surface area contributed by atoms with E-state index in [4.69, 9.17) is 0 Å². The van der Waals surface area contributed by atoms with Gasteiger partial charge in [-0.05, 0) is 44.2 Å². The summed E-state index contributed by atoms with van der Waals surface area (Å²) in [5, 5.41) is 11.8. The van der Waals surface area contributed by atoms with Crippen molar-refractivity contribution in [1.82, 2.24) is 24.9 Å². The third-order valence-corrected chi connectivity index (χ3v) is 4.94. The monoisotopic (exact) mass is 356 g/mol. The normalized spacial score (nSPS) is 19.7. The van der Waals surface area contributed by atoms with Crippen LogP contribution in [0.3, 0.4) is 0 Å². The van der Waals surface area contributed by atoms with Crippen molar-refractivity contribution in [3.8, 4) is 0 Å². The highest BCUT2D eigenvalue weighted by atomic mass is 16.2. The minimum atomic E-state index is -0.0424. The lowest BCUT2D eigenvalue weighted by Crippen LogP contribution is -2.39. The SMILES string of the molecule is Cc1ccn(CC(=O)N[C@H]2CCN(c3ccc(=O)n(CC4CC4)n3)C2)n1. The quantitative estimate of drug-likeness (QED) is 0.817. The molecule has 1 atom stereocenters. The Hall–Kier alpha value is -2.64. The summed E-state index contributed by atoms with van der Waals surface area (Å²) in [5.41, 5.74) is 0.858. The average molecular weight is 356 g/mol. The van der Waals surface area contributed by atoms with Gasteiger partial charge in [0.1, 0.15) is 12.4 Å². The molecule has 1 N–H and O–H groups in total. The summed E-state index contributed by atoms with van der Waals surface area (Å²) in [5.74, 6) is 1.38. The number of amides is 1. The van der Waals surface area contributed by atoms with Gasteiger partial charge in [-0.2, -0.15) is 10.2 Å². The fourth-order valence-electron chi connectivity index (χ4n) is 3.34. The zero-order chi connectivity index (χ0) is 18.1. The van der Waals surface area contributed by atoms with Crippen LogP contribution >= 0.6 is 0 Å². The number of hydrogen-bond acceptors (Lipinski definition) is 5. The number of anilines is 1. The van der Waals surface area contributed by atoms with Crippen LogP contribution in [0.15, 0.2) is 29.2 Å². The molecule has 2 aliphatic rings. The van der Waals surface area contributed by atoms with Crippen molar-refractivity contribution in [3.63, 3.8) is 0 Å². The van der Waals surface area contributed by atoms with E-state index < -0.39 is 0 Å². The van der Waals surface area contributed by atoms with Gasteiger partial charge in [-0.1, -0.05) is 0 Å². The smallest absolute Gasteiger partial charge is 0.266 e. The van der Waals surface area contributed by atoms with Crippen LogP contribution in [0.1, 0.15) is 25.0 Å². The van der Waals surface area contributed by atoms with Crippen molar-refractivity contribution < 1.29 is 4.79 Å². The Bertz CT molecular complexity index is 853. The highest BCUT2D eigenvalue weighted by Gasteiger charge is 2.26. The Balaban J connectivity index is 1.34. The Labute approximate surface area is 151 Å². The summed E-state index contributed by atoms with van der Waals surface area (Å²) in [6.45, 7) is 4.37. The molecule has 1 aliphatic carbocycles. The Morgan fingerprint density at radius 2 is 2.08 bits per heavy atom. The number of aryl methyl sites for hydroxylation is 1. The van der Waals surface area contributed by atoms with Crippen molar-refractivity contribution in [1.29, 1.82) is 0 Å². The number of nitrogens with one attached hydrogen (secondary N) is 1. The Morgan fingerprint density at radius 1 is 1.23 bits per heavy atom. The van der Waals surface area contributed by atoms with Gasteiger partial charge in [0.2, 0.25) is 5.91 Å². The molecule has 1 amide bonds. The second-order valence-corrected chi connectivity index (χ2v) is 7.31. The van der Waals surface area contributed by atoms with E-state index in [0.29, 0.717) is 19.0 Å². The summed E-state index contributed by atoms with van der Waals surface area (Å²) in [6, 6.07) is 5.34. The van der Waals surface area contributed by atoms with Gasteiger partial charge in [0.05, 0.1) is 5.69 Å². The average Bonchev–Trinajstić information content (AvgIpc) is 3.14. The molecule has 0 unspecified atom stereocenters. The molecule has 2 aromatic rings. The van der Waals surface area contributed by atoms with Gasteiger partial charge in [-0.15, -0.1) is 0 Å². The van der Waals surface area contributed by atoms with E-state index in [1.165, 1.54) is 12.8 Å². The summed E-state index contributed by atoms with van der Waals surface area (Å²) in [7, 11) is 0. The molecule has 26 heavy (non-hydrogen) atoms. The molecular formula is C18H24N6O2. The molecule has 0 aromatic carbocycles. The number of nitrogens with zero attached hydrogens (tertiary/aromatic N) is 5. The van der Waals surface area contributed by atoms with E-state index in [9.17, 15) is 9.59 Å². The van der Waals surface area contributed by atoms with Gasteiger partial charge in [0.15, 0.2) is 0 Å². The van der Waals surface area contributed by atoms with E-state index in [-0.39, 0.29) is 24.1 Å². The van der Waals surface area contributed by atoms with E-state index in [1.807, 2.05) is 19.2 Å². The van der Waals surface area contributed by atoms with Crippen LogP contribution in [-0.4, -0.2) is 44.6 Å². The van der Waals surface area contributed by atoms with E-state index >= 15 is 0 Å². The molecule has 4 rings (SSSR count). The maximum Gasteiger partial charge on any atom is 0.266 e. The number of aromatic nitrogens is 4. The molecule has 2 fully saturated rings. The van der Waals surface area contributed by atoms with Crippen LogP contribution in [0, 0.1) is 12.8 Å². The maximum absolute atomic E-state index is 12.2. The molecule has 1 saturated carbocycles. The molecule has 138 valence electrons. The molecule has 1 aliphatic heterocycles. The molecule has 1 saturated heterocycles. The zero-order valence-corrected chi connectivity index (χ0v) is 15.0. The second-order valence-electron chi connectivity index (χ2n) is 7.31. The van der Waals surface area contributed by atoms with E-state index in [0.717, 1.165) is 24.5 Å². The topological polar surface area (TPSA) is 85.0 Å². The summed E-state index contributed by atoms with van der Waals surface area (Å²) >= 11 is 0. The van der Waals surface area contributed by atoms with E-state index in [1.54, 1.807) is 21.5 Å². The molecule has 8 heteroatoms. The maximum atomic E-state index is 12.2. The first-order valence-corrected chi connectivity index (χ1v) is 9.19. The molecule has 2 aromatic heterocycles. The van der Waals surface area contributed by atoms with Crippen LogP contribution in [0.25, 0.3) is 0 Å². The van der Waals surface area contributed by atoms with Gasteiger partial charge in [-0.25, -0.2) is 4.68 Å². The van der Waals surface area contributed by atoms with Gasteiger partial charge in [-0.3, -0.25) is 14.3 Å². The van der Waals surface area contributed by atoms with Crippen molar-refractivity contribution in [2.45, 2.75) is 45.3 Å². The van der Waals surface area contributed by atoms with Gasteiger partial charge in [0.25, 0.3) is 5.56 Å². The third kappa shape index (κ3) is 3.95. The van der Waals surface area contributed by atoms with Crippen LogP contribution in [0.4, 0.5) is 5.82 Å². The summed E-state index contributed by atoms with van der Waals surface area (Å²) in [6.07, 6.45) is 5.05. The minimum Gasteiger partial charge on any atom is -0.353 e. The highest BCUT2D eigenvalue weighted by Crippen LogP contribution is 2.30. The lowest BCUT2D eigenvalue weighted by atomic mass is 10.2. The van der Waals surface area contributed by atoms with Crippen molar-refractivity contribution in [2.24, 2.45) is 5.92 Å². The van der Waals surface area contributed by atoms with Crippen LogP contribution in [0.5, 0.6) is 0 Å². The van der Waals surface area contributed by atoms with Crippen LogP contribution in [0.2, 0.25) is 0 Å². The standard InChI is InChI=1S/C18H24N6O2/c1-13-6-9-23(20-13)12-17(25)19-15-7-8-22(11-15)16-4-5-18(26)24(21-16)10-14-2-3-14/h4-6,9,14-15H,2-3,7-8,10-12H2,1H3,(H,19,25)/t15-/m0/s1. The summed E-state index contributed by atoms with van der Waals surface area (Å²) in [4.78, 5) is 26.3. The predicted molar refractivity (Wildman–Crippen MR) is 96.9 cm³/mol. The predicted octanol–water partition coefficient (Wildman–Crippen LogP) is 0.553. The number of carbonyl (C=O) groups is 1. The first kappa shape index (κ1) is 16.8. The number of hydrogen-bond donors (Lipinski definition) is 1. The van der Waals surface area contributed by atoms with Crippen molar-refractivity contribution in [3.05, 3.63) is 40.4 Å². The van der Waals surface area contributed by atoms with Crippen LogP contribution < -0.4 is 15.8 Å². The molecule has 0 bridgehead atoms. The Morgan fingerprint density at radius 3 is 2.81 bits per heavy atom. The largest absolute Gasteiger partial charge is 0.353 e. The molecular weight excluding hydrogens is 332 g/mol. The number of carbonyl (C=O) groups excluding carboxylic acids is 1. The van der Waals surface area contributed by atoms with Gasteiger partial charge in [0, 0.05) is 37.9 Å². The van der Waals surface area contributed by atoms with Crippen molar-refractivity contribution >= 4 is 11.7 Å². The fraction of sp³-hybridized carbons (Fsp3) is 0.556. The summed E-state index contributed by atoms with van der Waals surface area (Å²) < 4.78 is 3.23. The Kier molecular flexibility index (Phi) is 4.48. The lowest BCUT2D eigenvalue weighted by molar-refractivity contribution is -0.122. The molecule has 0 radical (unpaired) electrons. The minimum absolute atomic E-state index is 0.0355. The van der Waals surface area contributed by atoms with E-state index in [2.05, 4.69) is 20.4 Å². The fourth-order valence-corrected chi connectivity index (χ4v) is 3.34. The lowest BCUT2D eigenvalue weighted by Gasteiger charge is -2.18. The third-order valence-electron chi connectivity index (χ3n) is 4.94. The first-order chi connectivity index (χ1) is 12.6. The highest BCUT2D eigenvalue weighted by molar-refractivity contribution is 5.76. The zero-order valence-electron chi connectivity index (χ0n) is 15.0. The first-order valence-electron chi connectivity index (χ1n) is 9.19. The molecule has 8 nitrogen and oxygen atoms in total. The number of rotatable bonds is 6. The van der Waals surface area contributed by atoms with Gasteiger partial charge >= 0.3 is 0 Å². The van der Waals surface area contributed by atoms with Gasteiger partial charge < -0.3 is 10.2 Å². The van der Waals surface area contributed by atoms with Crippen LogP contribution in [-0.2, 0) is 17.9 Å². The van der Waals surface area contributed by atoms with Crippen molar-refractivity contribution in [2.75, 3.05) is 18.0 Å². The molecule has 3 heterocycles.